The third-order valence-electron chi connectivity index (χ3n) is 2.60. The molecule has 0 unspecified atom stereocenters. The summed E-state index contributed by atoms with van der Waals surface area (Å²) in [6.07, 6.45) is 0. The Balaban J connectivity index is 1.96. The van der Waals surface area contributed by atoms with Gasteiger partial charge >= 0.3 is 0 Å². The molecular weight excluding hydrogens is 305 g/mol. The van der Waals surface area contributed by atoms with Gasteiger partial charge in [-0.15, -0.1) is 0 Å². The van der Waals surface area contributed by atoms with E-state index in [0.29, 0.717) is 28.3 Å². The van der Waals surface area contributed by atoms with Crippen molar-refractivity contribution >= 4 is 40.5 Å². The highest BCUT2D eigenvalue weighted by molar-refractivity contribution is 6.43. The van der Waals surface area contributed by atoms with Crippen LogP contribution in [0.3, 0.4) is 0 Å². The summed E-state index contributed by atoms with van der Waals surface area (Å²) >= 11 is 17.9. The van der Waals surface area contributed by atoms with E-state index >= 15 is 0 Å². The summed E-state index contributed by atoms with van der Waals surface area (Å²) < 4.78 is 5.59. The van der Waals surface area contributed by atoms with E-state index in [4.69, 9.17) is 45.3 Å². The summed E-state index contributed by atoms with van der Waals surface area (Å²) in [5.41, 5.74) is 8.20. The molecule has 2 aromatic carbocycles. The molecule has 0 aliphatic rings. The first-order chi connectivity index (χ1) is 9.06. The van der Waals surface area contributed by atoms with Crippen molar-refractivity contribution in [2.45, 2.75) is 13.2 Å². The van der Waals surface area contributed by atoms with E-state index in [9.17, 15) is 0 Å². The van der Waals surface area contributed by atoms with Gasteiger partial charge in [-0.25, -0.2) is 0 Å². The van der Waals surface area contributed by atoms with E-state index < -0.39 is 0 Å². The number of halogens is 3. The van der Waals surface area contributed by atoms with Crippen molar-refractivity contribution in [3.05, 3.63) is 62.6 Å². The van der Waals surface area contributed by atoms with Crippen LogP contribution in [-0.2, 0) is 18.0 Å². The summed E-state index contributed by atoms with van der Waals surface area (Å²) in [6, 6.07) is 10.9. The molecule has 0 bridgehead atoms. The molecule has 0 heterocycles. The van der Waals surface area contributed by atoms with Crippen molar-refractivity contribution in [1.82, 2.24) is 0 Å². The second-order valence-electron chi connectivity index (χ2n) is 4.09. The van der Waals surface area contributed by atoms with Crippen LogP contribution in [-0.4, -0.2) is 0 Å². The average molecular weight is 317 g/mol. The standard InChI is InChI=1S/C14H12Cl3NO/c15-12-6-14(17)13(16)5-10(12)8-19-7-9-1-3-11(18)4-2-9/h1-6H,7-8,18H2. The predicted octanol–water partition coefficient (Wildman–Crippen LogP) is 4.95. The Kier molecular flexibility index (Phi) is 4.94. The number of nitrogen functional groups attached to an aromatic ring is 1. The van der Waals surface area contributed by atoms with Crippen LogP contribution in [0.4, 0.5) is 5.69 Å². The summed E-state index contributed by atoms with van der Waals surface area (Å²) in [6.45, 7) is 0.858. The van der Waals surface area contributed by atoms with Crippen LogP contribution in [0.15, 0.2) is 36.4 Å². The van der Waals surface area contributed by atoms with Crippen molar-refractivity contribution in [1.29, 1.82) is 0 Å². The van der Waals surface area contributed by atoms with Gasteiger partial charge < -0.3 is 10.5 Å². The first-order valence-corrected chi connectivity index (χ1v) is 6.75. The maximum atomic E-state index is 6.06. The van der Waals surface area contributed by atoms with Gasteiger partial charge in [0.2, 0.25) is 0 Å². The smallest absolute Gasteiger partial charge is 0.0736 e. The molecule has 0 atom stereocenters. The molecule has 0 radical (unpaired) electrons. The summed E-state index contributed by atoms with van der Waals surface area (Å²) in [5, 5.41) is 1.46. The average Bonchev–Trinajstić information content (AvgIpc) is 2.38. The second-order valence-corrected chi connectivity index (χ2v) is 5.31. The lowest BCUT2D eigenvalue weighted by Gasteiger charge is -2.08. The number of benzene rings is 2. The Morgan fingerprint density at radius 2 is 1.47 bits per heavy atom. The molecule has 2 N–H and O–H groups in total. The molecule has 100 valence electrons. The molecule has 0 aromatic heterocycles. The molecule has 2 rings (SSSR count). The topological polar surface area (TPSA) is 35.2 Å². The van der Waals surface area contributed by atoms with Gasteiger partial charge in [-0.2, -0.15) is 0 Å². The summed E-state index contributed by atoms with van der Waals surface area (Å²) in [7, 11) is 0. The van der Waals surface area contributed by atoms with Crippen LogP contribution in [0, 0.1) is 0 Å². The number of hydrogen-bond acceptors (Lipinski definition) is 2. The van der Waals surface area contributed by atoms with E-state index in [-0.39, 0.29) is 0 Å². The molecule has 0 saturated heterocycles. The number of hydrogen-bond donors (Lipinski definition) is 1. The van der Waals surface area contributed by atoms with Gasteiger partial charge in [0.25, 0.3) is 0 Å². The molecule has 2 nitrogen and oxygen atoms in total. The maximum absolute atomic E-state index is 6.06. The van der Waals surface area contributed by atoms with Crippen molar-refractivity contribution in [3.63, 3.8) is 0 Å². The largest absolute Gasteiger partial charge is 0.399 e. The van der Waals surface area contributed by atoms with Gasteiger partial charge in [-0.1, -0.05) is 46.9 Å². The van der Waals surface area contributed by atoms with E-state index in [1.54, 1.807) is 12.1 Å². The lowest BCUT2D eigenvalue weighted by atomic mass is 10.2. The van der Waals surface area contributed by atoms with Gasteiger partial charge in [-0.3, -0.25) is 0 Å². The van der Waals surface area contributed by atoms with Crippen LogP contribution in [0.1, 0.15) is 11.1 Å². The highest BCUT2D eigenvalue weighted by Crippen LogP contribution is 2.29. The highest BCUT2D eigenvalue weighted by atomic mass is 35.5. The fourth-order valence-electron chi connectivity index (χ4n) is 1.57. The monoisotopic (exact) mass is 315 g/mol. The van der Waals surface area contributed by atoms with Gasteiger partial charge in [-0.05, 0) is 35.4 Å². The molecule has 19 heavy (non-hydrogen) atoms. The molecule has 0 amide bonds. The van der Waals surface area contributed by atoms with Crippen LogP contribution in [0.25, 0.3) is 0 Å². The second kappa shape index (κ2) is 6.49. The third-order valence-corrected chi connectivity index (χ3v) is 3.67. The fraction of sp³-hybridized carbons (Fsp3) is 0.143. The molecule has 0 saturated carbocycles. The van der Waals surface area contributed by atoms with Crippen LogP contribution < -0.4 is 5.73 Å². The minimum atomic E-state index is 0.375. The van der Waals surface area contributed by atoms with Crippen molar-refractivity contribution in [2.24, 2.45) is 0 Å². The van der Waals surface area contributed by atoms with Crippen molar-refractivity contribution in [3.8, 4) is 0 Å². The molecule has 2 aromatic rings. The van der Waals surface area contributed by atoms with Gasteiger partial charge in [0.1, 0.15) is 0 Å². The third kappa shape index (κ3) is 4.02. The summed E-state index contributed by atoms with van der Waals surface area (Å²) in [4.78, 5) is 0. The van der Waals surface area contributed by atoms with E-state index in [1.165, 1.54) is 0 Å². The number of ether oxygens (including phenoxy) is 1. The quantitative estimate of drug-likeness (QED) is 0.640. The molecule has 0 aliphatic heterocycles. The van der Waals surface area contributed by atoms with Crippen molar-refractivity contribution < 1.29 is 4.74 Å². The molecule has 0 aliphatic carbocycles. The molecule has 0 fully saturated rings. The van der Waals surface area contributed by atoms with Gasteiger partial charge in [0, 0.05) is 10.7 Å². The van der Waals surface area contributed by atoms with Crippen LogP contribution in [0.2, 0.25) is 15.1 Å². The van der Waals surface area contributed by atoms with Gasteiger partial charge in [0.15, 0.2) is 0 Å². The molecule has 0 spiro atoms. The normalized spacial score (nSPS) is 10.7. The Labute approximate surface area is 127 Å². The number of rotatable bonds is 4. The summed E-state index contributed by atoms with van der Waals surface area (Å²) in [5.74, 6) is 0. The minimum absolute atomic E-state index is 0.375. The molecule has 5 heteroatoms. The fourth-order valence-corrected chi connectivity index (χ4v) is 2.19. The Morgan fingerprint density at radius 3 is 2.16 bits per heavy atom. The zero-order valence-corrected chi connectivity index (χ0v) is 12.3. The predicted molar refractivity (Wildman–Crippen MR) is 80.8 cm³/mol. The van der Waals surface area contributed by atoms with E-state index in [0.717, 1.165) is 16.8 Å². The lowest BCUT2D eigenvalue weighted by Crippen LogP contribution is -1.96. The first-order valence-electron chi connectivity index (χ1n) is 5.62. The van der Waals surface area contributed by atoms with Crippen molar-refractivity contribution in [2.75, 3.05) is 5.73 Å². The number of nitrogens with two attached hydrogens (primary N) is 1. The Hall–Kier alpha value is -0.930. The maximum Gasteiger partial charge on any atom is 0.0736 e. The lowest BCUT2D eigenvalue weighted by molar-refractivity contribution is 0.107. The molecular formula is C14H12Cl3NO. The Bertz CT molecular complexity index is 570. The number of anilines is 1. The van der Waals surface area contributed by atoms with E-state index in [2.05, 4.69) is 0 Å². The Morgan fingerprint density at radius 1 is 0.842 bits per heavy atom. The van der Waals surface area contributed by atoms with Crippen LogP contribution >= 0.6 is 34.8 Å². The van der Waals surface area contributed by atoms with E-state index in [1.807, 2.05) is 24.3 Å². The first kappa shape index (κ1) is 14.5. The SMILES string of the molecule is Nc1ccc(COCc2cc(Cl)c(Cl)cc2Cl)cc1. The van der Waals surface area contributed by atoms with Crippen LogP contribution in [0.5, 0.6) is 0 Å². The minimum Gasteiger partial charge on any atom is -0.399 e. The highest BCUT2D eigenvalue weighted by Gasteiger charge is 2.06. The zero-order chi connectivity index (χ0) is 13.8. The zero-order valence-electron chi connectivity index (χ0n) is 10.00. The van der Waals surface area contributed by atoms with Gasteiger partial charge in [0.05, 0.1) is 23.3 Å².